The summed E-state index contributed by atoms with van der Waals surface area (Å²) in [6, 6.07) is 0. The Bertz CT molecular complexity index is 439. The Labute approximate surface area is 205 Å². The van der Waals surface area contributed by atoms with E-state index in [2.05, 4.69) is 27.7 Å². The van der Waals surface area contributed by atoms with Gasteiger partial charge in [-0.2, -0.15) is 0 Å². The molecule has 5 nitrogen and oxygen atoms in total. The maximum Gasteiger partial charge on any atom is 0.249 e. The number of carbonyl (C=O) groups excluding carboxylic acids is 2. The number of primary amides is 2. The molecule has 0 unspecified atom stereocenters. The molecule has 0 aliphatic heterocycles. The zero-order valence-electron chi connectivity index (χ0n) is 22.5. The van der Waals surface area contributed by atoms with Gasteiger partial charge in [0.05, 0.1) is 0 Å². The minimum Gasteiger partial charge on any atom is -0.367 e. The highest BCUT2D eigenvalue weighted by atomic mass is 16.5. The van der Waals surface area contributed by atoms with Crippen LogP contribution in [0.3, 0.4) is 0 Å². The largest absolute Gasteiger partial charge is 0.367 e. The summed E-state index contributed by atoms with van der Waals surface area (Å²) in [5.41, 5.74) is 9.88. The van der Waals surface area contributed by atoms with E-state index in [-0.39, 0.29) is 0 Å². The van der Waals surface area contributed by atoms with Crippen LogP contribution in [0.4, 0.5) is 0 Å². The summed E-state index contributed by atoms with van der Waals surface area (Å²) in [5, 5.41) is 0. The molecule has 0 atom stereocenters. The zero-order valence-corrected chi connectivity index (χ0v) is 22.5. The van der Waals surface area contributed by atoms with Gasteiger partial charge in [-0.3, -0.25) is 9.59 Å². The monoisotopic (exact) mass is 468 g/mol. The second-order valence-corrected chi connectivity index (χ2v) is 10.1. The maximum absolute atomic E-state index is 12.9. The van der Waals surface area contributed by atoms with Gasteiger partial charge in [-0.1, -0.05) is 130 Å². The fraction of sp³-hybridized carbons (Fsp3) is 0.929. The quantitative estimate of drug-likeness (QED) is 0.145. The predicted molar refractivity (Wildman–Crippen MR) is 140 cm³/mol. The van der Waals surface area contributed by atoms with Crippen molar-refractivity contribution in [2.75, 3.05) is 0 Å². The minimum atomic E-state index is -1.11. The van der Waals surface area contributed by atoms with Gasteiger partial charge in [0.2, 0.25) is 11.8 Å². The average Bonchev–Trinajstić information content (AvgIpc) is 2.79. The Kier molecular flexibility index (Phi) is 18.6. The van der Waals surface area contributed by atoms with Gasteiger partial charge < -0.3 is 16.2 Å². The number of hydrogen-bond donors (Lipinski definition) is 2. The lowest BCUT2D eigenvalue weighted by atomic mass is 9.84. The zero-order chi connectivity index (χ0) is 25.0. The molecule has 0 aliphatic rings. The summed E-state index contributed by atoms with van der Waals surface area (Å²) in [7, 11) is 0. The number of nitrogens with two attached hydrogens (primary N) is 2. The van der Waals surface area contributed by atoms with Crippen molar-refractivity contribution >= 4 is 11.8 Å². The first-order valence-electron chi connectivity index (χ1n) is 14.1. The van der Waals surface area contributed by atoms with E-state index in [1.165, 1.54) is 0 Å². The third kappa shape index (κ3) is 12.8. The van der Waals surface area contributed by atoms with E-state index in [1.807, 2.05) is 0 Å². The summed E-state index contributed by atoms with van der Waals surface area (Å²) in [4.78, 5) is 25.9. The second-order valence-electron chi connectivity index (χ2n) is 10.1. The maximum atomic E-state index is 12.9. The molecule has 0 saturated heterocycles. The first-order chi connectivity index (χ1) is 15.8. The Morgan fingerprint density at radius 2 is 0.727 bits per heavy atom. The molecule has 0 aromatic heterocycles. The van der Waals surface area contributed by atoms with E-state index in [0.717, 1.165) is 103 Å². The molecular formula is C28H56N2O3. The predicted octanol–water partition coefficient (Wildman–Crippen LogP) is 7.33. The molecule has 0 aromatic carbocycles. The van der Waals surface area contributed by atoms with E-state index in [9.17, 15) is 9.59 Å². The van der Waals surface area contributed by atoms with Crippen LogP contribution in [0.2, 0.25) is 0 Å². The van der Waals surface area contributed by atoms with Crippen LogP contribution in [0.15, 0.2) is 0 Å². The van der Waals surface area contributed by atoms with Crippen molar-refractivity contribution < 1.29 is 14.3 Å². The Balaban J connectivity index is 5.84. The summed E-state index contributed by atoms with van der Waals surface area (Å²) >= 11 is 0. The molecule has 0 bridgehead atoms. The number of rotatable bonds is 24. The van der Waals surface area contributed by atoms with E-state index >= 15 is 0 Å². The Hall–Kier alpha value is -1.10. The molecule has 33 heavy (non-hydrogen) atoms. The van der Waals surface area contributed by atoms with Gasteiger partial charge in [-0.15, -0.1) is 0 Å². The van der Waals surface area contributed by atoms with Crippen molar-refractivity contribution in [2.24, 2.45) is 11.5 Å². The highest BCUT2D eigenvalue weighted by Crippen LogP contribution is 2.37. The second kappa shape index (κ2) is 19.2. The molecule has 0 aliphatic carbocycles. The number of unbranched alkanes of at least 4 members (excludes halogenated alkanes) is 12. The van der Waals surface area contributed by atoms with Gasteiger partial charge in [0.15, 0.2) is 0 Å². The first kappa shape index (κ1) is 31.9. The normalized spacial score (nSPS) is 12.2. The standard InChI is InChI=1S/C28H56N2O3/c1-5-9-13-17-21-27(25(29)31,22-18-14-10-6-2)33-28(26(30)32,23-19-15-11-7-3)24-20-16-12-8-4/h5-24H2,1-4H3,(H2,29,31)(H2,30,32). The van der Waals surface area contributed by atoms with Crippen LogP contribution in [0.1, 0.15) is 156 Å². The Morgan fingerprint density at radius 1 is 0.485 bits per heavy atom. The SMILES string of the molecule is CCCCCCC(CCCCCC)(OC(CCCCCC)(CCCCCC)C(N)=O)C(N)=O. The first-order valence-corrected chi connectivity index (χ1v) is 14.1. The lowest BCUT2D eigenvalue weighted by molar-refractivity contribution is -0.189. The van der Waals surface area contributed by atoms with Gasteiger partial charge in [0.1, 0.15) is 11.2 Å². The molecule has 2 amide bonds. The van der Waals surface area contributed by atoms with Crippen LogP contribution < -0.4 is 11.5 Å². The molecule has 0 saturated carbocycles. The van der Waals surface area contributed by atoms with Crippen LogP contribution in [0.25, 0.3) is 0 Å². The van der Waals surface area contributed by atoms with Crippen molar-refractivity contribution in [1.82, 2.24) is 0 Å². The van der Waals surface area contributed by atoms with Crippen molar-refractivity contribution in [3.63, 3.8) is 0 Å². The molecule has 196 valence electrons. The summed E-state index contributed by atoms with van der Waals surface area (Å²) < 4.78 is 6.72. The van der Waals surface area contributed by atoms with E-state index < -0.39 is 23.0 Å². The highest BCUT2D eigenvalue weighted by molar-refractivity contribution is 5.86. The van der Waals surface area contributed by atoms with Crippen LogP contribution >= 0.6 is 0 Å². The number of ether oxygens (including phenoxy) is 1. The number of hydrogen-bond acceptors (Lipinski definition) is 3. The molecular weight excluding hydrogens is 412 g/mol. The highest BCUT2D eigenvalue weighted by Gasteiger charge is 2.48. The third-order valence-electron chi connectivity index (χ3n) is 7.03. The summed E-state index contributed by atoms with van der Waals surface area (Å²) in [6.45, 7) is 8.70. The fourth-order valence-corrected chi connectivity index (χ4v) is 4.77. The van der Waals surface area contributed by atoms with Gasteiger partial charge >= 0.3 is 0 Å². The Morgan fingerprint density at radius 3 is 0.909 bits per heavy atom. The minimum absolute atomic E-state index is 0.428. The van der Waals surface area contributed by atoms with Gasteiger partial charge in [0, 0.05) is 0 Å². The molecule has 5 heteroatoms. The van der Waals surface area contributed by atoms with Crippen LogP contribution in [-0.2, 0) is 14.3 Å². The molecule has 0 spiro atoms. The summed E-state index contributed by atoms with van der Waals surface area (Å²) in [6.07, 6.45) is 19.0. The van der Waals surface area contributed by atoms with Crippen molar-refractivity contribution in [1.29, 1.82) is 0 Å². The molecule has 0 aromatic rings. The van der Waals surface area contributed by atoms with E-state index in [4.69, 9.17) is 16.2 Å². The van der Waals surface area contributed by atoms with Crippen LogP contribution in [0.5, 0.6) is 0 Å². The number of amides is 2. The van der Waals surface area contributed by atoms with Crippen molar-refractivity contribution in [2.45, 2.75) is 167 Å². The van der Waals surface area contributed by atoms with E-state index in [0.29, 0.717) is 25.7 Å². The molecule has 0 heterocycles. The molecule has 4 N–H and O–H groups in total. The van der Waals surface area contributed by atoms with Crippen LogP contribution in [-0.4, -0.2) is 23.0 Å². The van der Waals surface area contributed by atoms with E-state index in [1.54, 1.807) is 0 Å². The third-order valence-corrected chi connectivity index (χ3v) is 7.03. The fourth-order valence-electron chi connectivity index (χ4n) is 4.77. The topological polar surface area (TPSA) is 95.4 Å². The summed E-state index contributed by atoms with van der Waals surface area (Å²) in [5.74, 6) is -0.855. The van der Waals surface area contributed by atoms with Crippen molar-refractivity contribution in [3.8, 4) is 0 Å². The lowest BCUT2D eigenvalue weighted by Crippen LogP contribution is -2.57. The van der Waals surface area contributed by atoms with Gasteiger partial charge in [-0.05, 0) is 25.7 Å². The smallest absolute Gasteiger partial charge is 0.249 e. The van der Waals surface area contributed by atoms with Gasteiger partial charge in [-0.25, -0.2) is 0 Å². The van der Waals surface area contributed by atoms with Gasteiger partial charge in [0.25, 0.3) is 0 Å². The molecule has 0 radical (unpaired) electrons. The average molecular weight is 469 g/mol. The molecule has 0 rings (SSSR count). The number of carbonyl (C=O) groups is 2. The molecule has 0 fully saturated rings. The lowest BCUT2D eigenvalue weighted by Gasteiger charge is -2.41. The van der Waals surface area contributed by atoms with Crippen LogP contribution in [0, 0.1) is 0 Å². The van der Waals surface area contributed by atoms with Crippen molar-refractivity contribution in [3.05, 3.63) is 0 Å².